The molecule has 0 saturated heterocycles. The molecule has 0 unspecified atom stereocenters. The summed E-state index contributed by atoms with van der Waals surface area (Å²) in [5.74, 6) is 1.98. The summed E-state index contributed by atoms with van der Waals surface area (Å²) in [5.41, 5.74) is 4.63. The van der Waals surface area contributed by atoms with Crippen molar-refractivity contribution < 1.29 is 4.79 Å². The average Bonchev–Trinajstić information content (AvgIpc) is 2.95. The topological polar surface area (TPSA) is 29.1 Å². The van der Waals surface area contributed by atoms with Crippen molar-refractivity contribution in [2.75, 3.05) is 5.32 Å². The van der Waals surface area contributed by atoms with E-state index in [2.05, 4.69) is 38.2 Å². The van der Waals surface area contributed by atoms with E-state index >= 15 is 0 Å². The maximum absolute atomic E-state index is 12.5. The minimum atomic E-state index is 0.252. The van der Waals surface area contributed by atoms with Gasteiger partial charge in [-0.05, 0) is 63.0 Å². The molecule has 1 amide bonds. The molecule has 0 aromatic heterocycles. The fourth-order valence-electron chi connectivity index (χ4n) is 4.16. The van der Waals surface area contributed by atoms with Crippen LogP contribution in [0.3, 0.4) is 0 Å². The van der Waals surface area contributed by atoms with E-state index in [-0.39, 0.29) is 11.8 Å². The molecule has 19 heavy (non-hydrogen) atoms. The molecule has 2 saturated carbocycles. The molecule has 2 aliphatic carbocycles. The van der Waals surface area contributed by atoms with Crippen molar-refractivity contribution in [2.45, 2.75) is 46.5 Å². The molecule has 2 aliphatic rings. The lowest BCUT2D eigenvalue weighted by Gasteiger charge is -2.22. The summed E-state index contributed by atoms with van der Waals surface area (Å²) in [4.78, 5) is 12.5. The van der Waals surface area contributed by atoms with Crippen LogP contribution in [0.1, 0.15) is 42.4 Å². The zero-order valence-electron chi connectivity index (χ0n) is 12.1. The predicted octanol–water partition coefficient (Wildman–Crippen LogP) is 3.99. The van der Waals surface area contributed by atoms with Gasteiger partial charge in [-0.2, -0.15) is 0 Å². The van der Waals surface area contributed by atoms with Crippen LogP contribution < -0.4 is 5.32 Å². The first-order valence-electron chi connectivity index (χ1n) is 7.43. The monoisotopic (exact) mass is 257 g/mol. The van der Waals surface area contributed by atoms with Gasteiger partial charge in [-0.25, -0.2) is 0 Å². The van der Waals surface area contributed by atoms with Crippen molar-refractivity contribution in [3.8, 4) is 0 Å². The second-order valence-electron chi connectivity index (χ2n) is 6.54. The van der Waals surface area contributed by atoms with Gasteiger partial charge >= 0.3 is 0 Å². The largest absolute Gasteiger partial charge is 0.325 e. The SMILES string of the molecule is Cc1cc(C)c(NC(=O)[C@H]2C[C@@H]3CC[C@H]2C3)c(C)c1. The summed E-state index contributed by atoms with van der Waals surface area (Å²) >= 11 is 0. The number of carbonyl (C=O) groups excluding carboxylic acids is 1. The Hall–Kier alpha value is -1.31. The Labute approximate surface area is 115 Å². The number of carbonyl (C=O) groups is 1. The van der Waals surface area contributed by atoms with Crippen LogP contribution in [0, 0.1) is 38.5 Å². The van der Waals surface area contributed by atoms with Crippen LogP contribution >= 0.6 is 0 Å². The lowest BCUT2D eigenvalue weighted by Crippen LogP contribution is -2.27. The van der Waals surface area contributed by atoms with Gasteiger partial charge in [-0.3, -0.25) is 4.79 Å². The highest BCUT2D eigenvalue weighted by molar-refractivity contribution is 5.94. The molecular weight excluding hydrogens is 234 g/mol. The van der Waals surface area contributed by atoms with E-state index < -0.39 is 0 Å². The molecule has 3 rings (SSSR count). The Balaban J connectivity index is 1.77. The Kier molecular flexibility index (Phi) is 3.12. The van der Waals surface area contributed by atoms with E-state index in [9.17, 15) is 4.79 Å². The highest BCUT2D eigenvalue weighted by Crippen LogP contribution is 2.48. The van der Waals surface area contributed by atoms with Gasteiger partial charge in [-0.1, -0.05) is 24.1 Å². The molecule has 3 atom stereocenters. The van der Waals surface area contributed by atoms with Gasteiger partial charge in [-0.15, -0.1) is 0 Å². The Bertz CT molecular complexity index is 497. The second kappa shape index (κ2) is 4.66. The quantitative estimate of drug-likeness (QED) is 0.853. The predicted molar refractivity (Wildman–Crippen MR) is 78.2 cm³/mol. The summed E-state index contributed by atoms with van der Waals surface area (Å²) in [6.07, 6.45) is 5.00. The summed E-state index contributed by atoms with van der Waals surface area (Å²) in [5, 5.41) is 3.19. The fraction of sp³-hybridized carbons (Fsp3) is 0.588. The van der Waals surface area contributed by atoms with Crippen LogP contribution in [0.5, 0.6) is 0 Å². The molecule has 1 N–H and O–H groups in total. The van der Waals surface area contributed by atoms with Crippen molar-refractivity contribution in [1.29, 1.82) is 0 Å². The Morgan fingerprint density at radius 1 is 1.11 bits per heavy atom. The van der Waals surface area contributed by atoms with Crippen LogP contribution in [0.15, 0.2) is 12.1 Å². The van der Waals surface area contributed by atoms with Crippen molar-refractivity contribution >= 4 is 11.6 Å². The van der Waals surface area contributed by atoms with Crippen molar-refractivity contribution in [1.82, 2.24) is 0 Å². The fourth-order valence-corrected chi connectivity index (χ4v) is 4.16. The molecular formula is C17H23NO. The van der Waals surface area contributed by atoms with E-state index in [1.807, 2.05) is 0 Å². The lowest BCUT2D eigenvalue weighted by atomic mass is 9.88. The molecule has 2 nitrogen and oxygen atoms in total. The third-order valence-electron chi connectivity index (χ3n) is 5.00. The highest BCUT2D eigenvalue weighted by atomic mass is 16.1. The van der Waals surface area contributed by atoms with Crippen LogP contribution in [-0.4, -0.2) is 5.91 Å². The minimum Gasteiger partial charge on any atom is -0.325 e. The van der Waals surface area contributed by atoms with Gasteiger partial charge < -0.3 is 5.32 Å². The van der Waals surface area contributed by atoms with Crippen LogP contribution in [0.25, 0.3) is 0 Å². The molecule has 1 aromatic rings. The smallest absolute Gasteiger partial charge is 0.227 e. The molecule has 1 aromatic carbocycles. The van der Waals surface area contributed by atoms with E-state index in [0.29, 0.717) is 5.92 Å². The average molecular weight is 257 g/mol. The zero-order valence-corrected chi connectivity index (χ0v) is 12.1. The highest BCUT2D eigenvalue weighted by Gasteiger charge is 2.43. The molecule has 102 valence electrons. The number of fused-ring (bicyclic) bond motifs is 2. The standard InChI is InChI=1S/C17H23NO/c1-10-6-11(2)16(12(3)7-10)18-17(19)15-9-13-4-5-14(15)8-13/h6-7,13-15H,4-5,8-9H2,1-3H3,(H,18,19)/t13-,14+,15+/m1/s1. The van der Waals surface area contributed by atoms with Crippen LogP contribution in [0.2, 0.25) is 0 Å². The maximum atomic E-state index is 12.5. The number of aryl methyl sites for hydroxylation is 3. The van der Waals surface area contributed by atoms with Gasteiger partial charge in [0.1, 0.15) is 0 Å². The van der Waals surface area contributed by atoms with Gasteiger partial charge in [0, 0.05) is 11.6 Å². The van der Waals surface area contributed by atoms with E-state index in [0.717, 1.165) is 18.0 Å². The van der Waals surface area contributed by atoms with E-state index in [1.54, 1.807) is 0 Å². The third kappa shape index (κ3) is 2.29. The van der Waals surface area contributed by atoms with Gasteiger partial charge in [0.05, 0.1) is 0 Å². The second-order valence-corrected chi connectivity index (χ2v) is 6.54. The Morgan fingerprint density at radius 2 is 1.79 bits per heavy atom. The first-order chi connectivity index (χ1) is 9.04. The first kappa shape index (κ1) is 12.7. The molecule has 0 radical (unpaired) electrons. The summed E-state index contributed by atoms with van der Waals surface area (Å²) in [6, 6.07) is 4.28. The van der Waals surface area contributed by atoms with E-state index in [4.69, 9.17) is 0 Å². The molecule has 2 fully saturated rings. The minimum absolute atomic E-state index is 0.252. The number of benzene rings is 1. The van der Waals surface area contributed by atoms with Crippen LogP contribution in [-0.2, 0) is 4.79 Å². The number of rotatable bonds is 2. The number of hydrogen-bond acceptors (Lipinski definition) is 1. The van der Waals surface area contributed by atoms with Crippen molar-refractivity contribution in [3.05, 3.63) is 28.8 Å². The summed E-state index contributed by atoms with van der Waals surface area (Å²) in [6.45, 7) is 6.26. The van der Waals surface area contributed by atoms with Crippen molar-refractivity contribution in [3.63, 3.8) is 0 Å². The molecule has 0 aliphatic heterocycles. The van der Waals surface area contributed by atoms with Gasteiger partial charge in [0.25, 0.3) is 0 Å². The zero-order chi connectivity index (χ0) is 13.6. The Morgan fingerprint density at radius 3 is 2.32 bits per heavy atom. The molecule has 2 bridgehead atoms. The number of nitrogens with one attached hydrogen (secondary N) is 1. The van der Waals surface area contributed by atoms with Gasteiger partial charge in [0.2, 0.25) is 5.91 Å². The van der Waals surface area contributed by atoms with E-state index in [1.165, 1.54) is 36.0 Å². The molecule has 0 heterocycles. The molecule has 0 spiro atoms. The third-order valence-corrected chi connectivity index (χ3v) is 5.00. The summed E-state index contributed by atoms with van der Waals surface area (Å²) < 4.78 is 0. The van der Waals surface area contributed by atoms with Crippen LogP contribution in [0.4, 0.5) is 5.69 Å². The normalized spacial score (nSPS) is 28.7. The summed E-state index contributed by atoms with van der Waals surface area (Å²) in [7, 11) is 0. The van der Waals surface area contributed by atoms with Gasteiger partial charge in [0.15, 0.2) is 0 Å². The number of hydrogen-bond donors (Lipinski definition) is 1. The van der Waals surface area contributed by atoms with Crippen molar-refractivity contribution in [2.24, 2.45) is 17.8 Å². The molecule has 2 heteroatoms. The number of anilines is 1. The maximum Gasteiger partial charge on any atom is 0.227 e. The first-order valence-corrected chi connectivity index (χ1v) is 7.43. The lowest BCUT2D eigenvalue weighted by molar-refractivity contribution is -0.121. The number of amides is 1.